The molecule has 1 aromatic carbocycles. The van der Waals surface area contributed by atoms with Crippen molar-refractivity contribution in [1.82, 2.24) is 4.90 Å². The normalized spacial score (nSPS) is 22.6. The molecule has 2 atom stereocenters. The molecule has 10 nitrogen and oxygen atoms in total. The van der Waals surface area contributed by atoms with Gasteiger partial charge in [0.2, 0.25) is 11.8 Å². The second-order valence-corrected chi connectivity index (χ2v) is 8.35. The van der Waals surface area contributed by atoms with Gasteiger partial charge in [-0.3, -0.25) is 24.5 Å². The number of furan rings is 1. The van der Waals surface area contributed by atoms with Gasteiger partial charge in [0, 0.05) is 32.2 Å². The Morgan fingerprint density at radius 3 is 2.24 bits per heavy atom. The predicted octanol–water partition coefficient (Wildman–Crippen LogP) is 2.61. The second kappa shape index (κ2) is 8.19. The van der Waals surface area contributed by atoms with Gasteiger partial charge in [-0.1, -0.05) is 12.2 Å². The summed E-state index contributed by atoms with van der Waals surface area (Å²) in [5.74, 6) is -1.37. The number of nitro groups is 1. The molecule has 0 N–H and O–H groups in total. The number of hydrogen-bond donors (Lipinski definition) is 0. The van der Waals surface area contributed by atoms with Crippen molar-refractivity contribution >= 4 is 34.8 Å². The molecule has 5 rings (SSSR count). The maximum atomic E-state index is 12.9. The van der Waals surface area contributed by atoms with Gasteiger partial charge in [-0.2, -0.15) is 0 Å². The summed E-state index contributed by atoms with van der Waals surface area (Å²) in [5, 5.41) is 11.9. The van der Waals surface area contributed by atoms with Crippen LogP contribution in [-0.4, -0.2) is 53.7 Å². The van der Waals surface area contributed by atoms with Crippen molar-refractivity contribution in [2.45, 2.75) is 12.8 Å². The molecule has 3 aliphatic rings. The molecular weight excluding hydrogens is 428 g/mol. The number of carbonyl (C=O) groups excluding carboxylic acids is 3. The van der Waals surface area contributed by atoms with Crippen molar-refractivity contribution in [2.24, 2.45) is 11.8 Å². The molecular formula is C23H22N4O6. The number of anilines is 2. The molecule has 3 amide bonds. The number of nitrogens with zero attached hydrogens (tertiary/aromatic N) is 4. The molecule has 0 saturated carbocycles. The van der Waals surface area contributed by atoms with Crippen molar-refractivity contribution < 1.29 is 23.7 Å². The molecule has 3 heterocycles. The van der Waals surface area contributed by atoms with Gasteiger partial charge in [-0.05, 0) is 37.1 Å². The Balaban J connectivity index is 1.36. The quantitative estimate of drug-likeness (QED) is 0.304. The Bertz CT molecular complexity index is 1120. The summed E-state index contributed by atoms with van der Waals surface area (Å²) in [6.07, 6.45) is 6.25. The average molecular weight is 450 g/mol. The van der Waals surface area contributed by atoms with E-state index in [1.807, 2.05) is 17.1 Å². The maximum absolute atomic E-state index is 12.9. The average Bonchev–Trinajstić information content (AvgIpc) is 3.46. The zero-order valence-electron chi connectivity index (χ0n) is 17.8. The highest BCUT2D eigenvalue weighted by atomic mass is 16.6. The summed E-state index contributed by atoms with van der Waals surface area (Å²) >= 11 is 0. The summed E-state index contributed by atoms with van der Waals surface area (Å²) < 4.78 is 5.17. The molecule has 0 bridgehead atoms. The van der Waals surface area contributed by atoms with E-state index in [4.69, 9.17) is 4.42 Å². The Hall–Kier alpha value is -3.95. The second-order valence-electron chi connectivity index (χ2n) is 8.35. The molecule has 33 heavy (non-hydrogen) atoms. The SMILES string of the molecule is O=C(c1ccco1)N1CCN(c2ccc(N3C(=O)[C@H]4CC=CC[C@H]4C3=O)cc2[N+](=O)[O-])CC1. The van der Waals surface area contributed by atoms with Gasteiger partial charge in [0.1, 0.15) is 5.69 Å². The minimum atomic E-state index is -0.501. The molecule has 2 aromatic rings. The molecule has 2 aliphatic heterocycles. The molecule has 0 spiro atoms. The number of imide groups is 1. The van der Waals surface area contributed by atoms with Crippen molar-refractivity contribution in [3.8, 4) is 0 Å². The molecule has 170 valence electrons. The van der Waals surface area contributed by atoms with Crippen molar-refractivity contribution in [3.05, 3.63) is 64.6 Å². The van der Waals surface area contributed by atoms with E-state index in [2.05, 4.69) is 0 Å². The van der Waals surface area contributed by atoms with Gasteiger partial charge < -0.3 is 14.2 Å². The Kier molecular flexibility index (Phi) is 5.20. The van der Waals surface area contributed by atoms with E-state index in [0.29, 0.717) is 44.7 Å². The fraction of sp³-hybridized carbons (Fsp3) is 0.348. The minimum Gasteiger partial charge on any atom is -0.459 e. The lowest BCUT2D eigenvalue weighted by Crippen LogP contribution is -2.48. The third-order valence-electron chi connectivity index (χ3n) is 6.56. The minimum absolute atomic E-state index is 0.174. The van der Waals surface area contributed by atoms with E-state index >= 15 is 0 Å². The highest BCUT2D eigenvalue weighted by Gasteiger charge is 2.48. The van der Waals surface area contributed by atoms with Crippen LogP contribution in [0.1, 0.15) is 23.4 Å². The van der Waals surface area contributed by atoms with Gasteiger partial charge in [0.05, 0.1) is 28.7 Å². The number of allylic oxidation sites excluding steroid dienone is 2. The number of amides is 3. The Morgan fingerprint density at radius 2 is 1.67 bits per heavy atom. The summed E-state index contributed by atoms with van der Waals surface area (Å²) in [7, 11) is 0. The first-order chi connectivity index (χ1) is 16.0. The van der Waals surface area contributed by atoms with Crippen LogP contribution in [-0.2, 0) is 9.59 Å². The monoisotopic (exact) mass is 450 g/mol. The lowest BCUT2D eigenvalue weighted by Gasteiger charge is -2.35. The van der Waals surface area contributed by atoms with Crippen LogP contribution in [0.5, 0.6) is 0 Å². The van der Waals surface area contributed by atoms with E-state index in [9.17, 15) is 24.5 Å². The van der Waals surface area contributed by atoms with Crippen molar-refractivity contribution in [1.29, 1.82) is 0 Å². The van der Waals surface area contributed by atoms with E-state index < -0.39 is 16.8 Å². The lowest BCUT2D eigenvalue weighted by atomic mass is 9.85. The van der Waals surface area contributed by atoms with Gasteiger partial charge in [-0.25, -0.2) is 4.90 Å². The highest BCUT2D eigenvalue weighted by Crippen LogP contribution is 2.40. The van der Waals surface area contributed by atoms with Crippen LogP contribution in [0.3, 0.4) is 0 Å². The van der Waals surface area contributed by atoms with Crippen molar-refractivity contribution in [2.75, 3.05) is 36.0 Å². The molecule has 0 radical (unpaired) electrons. The van der Waals surface area contributed by atoms with E-state index in [1.165, 1.54) is 12.3 Å². The summed E-state index contributed by atoms with van der Waals surface area (Å²) in [6, 6.07) is 7.72. The number of carbonyl (C=O) groups is 3. The van der Waals surface area contributed by atoms with E-state index in [-0.39, 0.29) is 34.9 Å². The van der Waals surface area contributed by atoms with Crippen LogP contribution in [0.4, 0.5) is 17.1 Å². The van der Waals surface area contributed by atoms with Crippen LogP contribution in [0.25, 0.3) is 0 Å². The van der Waals surface area contributed by atoms with Crippen LogP contribution in [0.2, 0.25) is 0 Å². The topological polar surface area (TPSA) is 117 Å². The van der Waals surface area contributed by atoms with Gasteiger partial charge in [-0.15, -0.1) is 0 Å². The van der Waals surface area contributed by atoms with Gasteiger partial charge in [0.25, 0.3) is 11.6 Å². The highest BCUT2D eigenvalue weighted by molar-refractivity contribution is 6.22. The number of hydrogen-bond acceptors (Lipinski definition) is 7. The number of nitro benzene ring substituents is 1. The number of fused-ring (bicyclic) bond motifs is 1. The van der Waals surface area contributed by atoms with Gasteiger partial charge in [0.15, 0.2) is 5.76 Å². The third kappa shape index (κ3) is 3.57. The molecule has 0 unspecified atom stereocenters. The standard InChI is InChI=1S/C23H22N4O6/c28-21-16-4-1-2-5-17(16)22(29)26(21)15-7-8-18(19(14-15)27(31)32)24-9-11-25(12-10-24)23(30)20-6-3-13-33-20/h1-3,6-8,13-14,16-17H,4-5,9-12H2/t16-,17+. The summed E-state index contributed by atoms with van der Waals surface area (Å²) in [5.41, 5.74) is 0.445. The molecule has 2 saturated heterocycles. The zero-order chi connectivity index (χ0) is 23.1. The van der Waals surface area contributed by atoms with E-state index in [0.717, 1.165) is 4.90 Å². The van der Waals surface area contributed by atoms with Crippen molar-refractivity contribution in [3.63, 3.8) is 0 Å². The largest absolute Gasteiger partial charge is 0.459 e. The predicted molar refractivity (Wildman–Crippen MR) is 118 cm³/mol. The zero-order valence-corrected chi connectivity index (χ0v) is 17.8. The van der Waals surface area contributed by atoms with Crippen LogP contribution in [0, 0.1) is 22.0 Å². The fourth-order valence-electron chi connectivity index (χ4n) is 4.83. The lowest BCUT2D eigenvalue weighted by molar-refractivity contribution is -0.384. The smallest absolute Gasteiger partial charge is 0.294 e. The summed E-state index contributed by atoms with van der Waals surface area (Å²) in [4.78, 5) is 54.2. The first-order valence-corrected chi connectivity index (χ1v) is 10.8. The number of piperazine rings is 1. The molecule has 2 fully saturated rings. The third-order valence-corrected chi connectivity index (χ3v) is 6.56. The Morgan fingerprint density at radius 1 is 1.00 bits per heavy atom. The number of benzene rings is 1. The van der Waals surface area contributed by atoms with Crippen LogP contribution < -0.4 is 9.80 Å². The summed E-state index contributed by atoms with van der Waals surface area (Å²) in [6.45, 7) is 1.59. The fourth-order valence-corrected chi connectivity index (χ4v) is 4.83. The molecule has 1 aromatic heterocycles. The van der Waals surface area contributed by atoms with E-state index in [1.54, 1.807) is 29.2 Å². The maximum Gasteiger partial charge on any atom is 0.294 e. The first kappa shape index (κ1) is 20.9. The van der Waals surface area contributed by atoms with Gasteiger partial charge >= 0.3 is 0 Å². The van der Waals surface area contributed by atoms with Crippen LogP contribution in [0.15, 0.2) is 53.2 Å². The Labute approximate surface area is 189 Å². The number of rotatable bonds is 4. The molecule has 1 aliphatic carbocycles. The van der Waals surface area contributed by atoms with Crippen LogP contribution >= 0.6 is 0 Å². The molecule has 10 heteroatoms. The first-order valence-electron chi connectivity index (χ1n) is 10.8.